The molecule has 0 saturated heterocycles. The first-order valence-electron chi connectivity index (χ1n) is 7.51. The maximum Gasteiger partial charge on any atom is 0.223 e. The number of hydrogen-bond donors (Lipinski definition) is 2. The molecule has 0 fully saturated rings. The Morgan fingerprint density at radius 1 is 1.36 bits per heavy atom. The van der Waals surface area contributed by atoms with Crippen molar-refractivity contribution in [2.24, 2.45) is 0 Å². The predicted octanol–water partition coefficient (Wildman–Crippen LogP) is 2.53. The second-order valence-electron chi connectivity index (χ2n) is 5.39. The Labute approximate surface area is 138 Å². The lowest BCUT2D eigenvalue weighted by Gasteiger charge is -2.15. The summed E-state index contributed by atoms with van der Waals surface area (Å²) in [4.78, 5) is 11.8. The van der Waals surface area contributed by atoms with Gasteiger partial charge in [0.2, 0.25) is 5.91 Å². The van der Waals surface area contributed by atoms with Crippen molar-refractivity contribution in [2.45, 2.75) is 26.7 Å². The minimum absolute atomic E-state index is 0. The first-order chi connectivity index (χ1) is 10.2. The van der Waals surface area contributed by atoms with Crippen LogP contribution in [-0.2, 0) is 4.79 Å². The van der Waals surface area contributed by atoms with Gasteiger partial charge in [-0.3, -0.25) is 4.79 Å². The minimum atomic E-state index is 0. The third-order valence-corrected chi connectivity index (χ3v) is 3.81. The van der Waals surface area contributed by atoms with Crippen molar-refractivity contribution in [3.63, 3.8) is 0 Å². The topological polar surface area (TPSA) is 50.4 Å². The number of rotatable bonds is 6. The summed E-state index contributed by atoms with van der Waals surface area (Å²) in [6.45, 7) is 7.06. The molecule has 0 atom stereocenters. The SMILES string of the molecule is Cc1cccc(OCCC(=O)NCC2=CCNCC2)c1C.Cl. The number of benzene rings is 1. The van der Waals surface area contributed by atoms with Gasteiger partial charge in [0.05, 0.1) is 13.0 Å². The Morgan fingerprint density at radius 3 is 2.91 bits per heavy atom. The van der Waals surface area contributed by atoms with E-state index in [4.69, 9.17) is 4.74 Å². The molecule has 0 saturated carbocycles. The van der Waals surface area contributed by atoms with Gasteiger partial charge in [0, 0.05) is 13.1 Å². The predicted molar refractivity (Wildman–Crippen MR) is 91.9 cm³/mol. The molecule has 22 heavy (non-hydrogen) atoms. The Kier molecular flexibility index (Phi) is 7.99. The number of carbonyl (C=O) groups is 1. The van der Waals surface area contributed by atoms with E-state index >= 15 is 0 Å². The van der Waals surface area contributed by atoms with E-state index in [1.54, 1.807) is 0 Å². The molecule has 1 amide bonds. The maximum atomic E-state index is 11.8. The molecular formula is C17H25ClN2O2. The molecule has 0 aromatic heterocycles. The molecule has 2 N–H and O–H groups in total. The lowest BCUT2D eigenvalue weighted by atomic mass is 10.1. The molecule has 0 unspecified atom stereocenters. The van der Waals surface area contributed by atoms with Gasteiger partial charge in [0.25, 0.3) is 0 Å². The zero-order chi connectivity index (χ0) is 15.1. The van der Waals surface area contributed by atoms with Crippen molar-refractivity contribution >= 4 is 18.3 Å². The van der Waals surface area contributed by atoms with Crippen molar-refractivity contribution in [1.82, 2.24) is 10.6 Å². The highest BCUT2D eigenvalue weighted by Crippen LogP contribution is 2.20. The third kappa shape index (κ3) is 5.70. The van der Waals surface area contributed by atoms with Crippen LogP contribution in [0.15, 0.2) is 29.8 Å². The van der Waals surface area contributed by atoms with E-state index in [2.05, 4.69) is 29.7 Å². The number of hydrogen-bond acceptors (Lipinski definition) is 3. The molecule has 0 bridgehead atoms. The van der Waals surface area contributed by atoms with Crippen LogP contribution < -0.4 is 15.4 Å². The van der Waals surface area contributed by atoms with Gasteiger partial charge in [-0.2, -0.15) is 0 Å². The molecular weight excluding hydrogens is 300 g/mol. The molecule has 1 aliphatic heterocycles. The van der Waals surface area contributed by atoms with Crippen LogP contribution in [0.25, 0.3) is 0 Å². The number of amides is 1. The Morgan fingerprint density at radius 2 is 2.18 bits per heavy atom. The molecule has 0 aliphatic carbocycles. The molecule has 1 aromatic carbocycles. The zero-order valence-corrected chi connectivity index (χ0v) is 14.1. The van der Waals surface area contributed by atoms with Crippen LogP contribution in [0.3, 0.4) is 0 Å². The number of halogens is 1. The lowest BCUT2D eigenvalue weighted by Crippen LogP contribution is -2.30. The van der Waals surface area contributed by atoms with Crippen LogP contribution >= 0.6 is 12.4 Å². The summed E-state index contributed by atoms with van der Waals surface area (Å²) in [5.41, 5.74) is 3.64. The molecule has 2 rings (SSSR count). The van der Waals surface area contributed by atoms with Gasteiger partial charge in [-0.25, -0.2) is 0 Å². The average molecular weight is 325 g/mol. The summed E-state index contributed by atoms with van der Waals surface area (Å²) in [5, 5.41) is 6.21. The first-order valence-corrected chi connectivity index (χ1v) is 7.51. The van der Waals surface area contributed by atoms with E-state index in [-0.39, 0.29) is 18.3 Å². The highest BCUT2D eigenvalue weighted by atomic mass is 35.5. The molecule has 0 spiro atoms. The number of ether oxygens (including phenoxy) is 1. The van der Waals surface area contributed by atoms with Gasteiger partial charge in [-0.15, -0.1) is 12.4 Å². The molecule has 1 aliphatic rings. The minimum Gasteiger partial charge on any atom is -0.493 e. The van der Waals surface area contributed by atoms with E-state index < -0.39 is 0 Å². The quantitative estimate of drug-likeness (QED) is 0.791. The second kappa shape index (κ2) is 9.49. The Bertz CT molecular complexity index is 529. The van der Waals surface area contributed by atoms with Crippen LogP contribution in [0.2, 0.25) is 0 Å². The van der Waals surface area contributed by atoms with Gasteiger partial charge in [-0.1, -0.05) is 23.8 Å². The maximum absolute atomic E-state index is 11.8. The van der Waals surface area contributed by atoms with Crippen LogP contribution in [-0.4, -0.2) is 32.1 Å². The molecule has 1 heterocycles. The van der Waals surface area contributed by atoms with Crippen molar-refractivity contribution in [1.29, 1.82) is 0 Å². The lowest BCUT2D eigenvalue weighted by molar-refractivity contribution is -0.121. The van der Waals surface area contributed by atoms with Gasteiger partial charge in [0.15, 0.2) is 0 Å². The summed E-state index contributed by atoms with van der Waals surface area (Å²) in [6, 6.07) is 5.98. The van der Waals surface area contributed by atoms with Crippen molar-refractivity contribution < 1.29 is 9.53 Å². The normalized spacial score (nSPS) is 13.8. The van der Waals surface area contributed by atoms with Crippen molar-refractivity contribution in [3.05, 3.63) is 41.0 Å². The number of nitrogens with one attached hydrogen (secondary N) is 2. The van der Waals surface area contributed by atoms with Gasteiger partial charge < -0.3 is 15.4 Å². The smallest absolute Gasteiger partial charge is 0.223 e. The summed E-state index contributed by atoms with van der Waals surface area (Å²) in [6.07, 6.45) is 3.55. The highest BCUT2D eigenvalue weighted by Gasteiger charge is 2.07. The Hall–Kier alpha value is -1.52. The van der Waals surface area contributed by atoms with Gasteiger partial charge in [0.1, 0.15) is 5.75 Å². The standard InChI is InChI=1S/C17H24N2O2.ClH/c1-13-4-3-5-16(14(13)2)21-11-8-17(20)19-12-15-6-9-18-10-7-15;/h3-6,18H,7-12H2,1-2H3,(H,19,20);1H. The molecule has 1 aromatic rings. The fourth-order valence-corrected chi connectivity index (χ4v) is 2.26. The third-order valence-electron chi connectivity index (χ3n) is 3.81. The van der Waals surface area contributed by atoms with E-state index in [1.807, 2.05) is 19.1 Å². The fraction of sp³-hybridized carbons (Fsp3) is 0.471. The van der Waals surface area contributed by atoms with Crippen LogP contribution in [0.5, 0.6) is 5.75 Å². The van der Waals surface area contributed by atoms with Crippen LogP contribution in [0, 0.1) is 13.8 Å². The summed E-state index contributed by atoms with van der Waals surface area (Å²) < 4.78 is 5.69. The van der Waals surface area contributed by atoms with Crippen molar-refractivity contribution in [3.8, 4) is 5.75 Å². The number of carbonyl (C=O) groups excluding carboxylic acids is 1. The van der Waals surface area contributed by atoms with E-state index in [9.17, 15) is 4.79 Å². The van der Waals surface area contributed by atoms with E-state index in [0.29, 0.717) is 19.6 Å². The number of aryl methyl sites for hydroxylation is 1. The molecule has 0 radical (unpaired) electrons. The second-order valence-corrected chi connectivity index (χ2v) is 5.39. The first kappa shape index (κ1) is 18.5. The van der Waals surface area contributed by atoms with Crippen LogP contribution in [0.1, 0.15) is 24.0 Å². The summed E-state index contributed by atoms with van der Waals surface area (Å²) >= 11 is 0. The fourth-order valence-electron chi connectivity index (χ4n) is 2.26. The molecule has 122 valence electrons. The highest BCUT2D eigenvalue weighted by molar-refractivity contribution is 5.85. The zero-order valence-electron chi connectivity index (χ0n) is 13.3. The summed E-state index contributed by atoms with van der Waals surface area (Å²) in [7, 11) is 0. The Balaban J connectivity index is 0.00000242. The van der Waals surface area contributed by atoms with Gasteiger partial charge >= 0.3 is 0 Å². The van der Waals surface area contributed by atoms with E-state index in [0.717, 1.165) is 30.8 Å². The summed E-state index contributed by atoms with van der Waals surface area (Å²) in [5.74, 6) is 0.906. The molecule has 5 heteroatoms. The van der Waals surface area contributed by atoms with Gasteiger partial charge in [-0.05, 0) is 44.0 Å². The molecule has 4 nitrogen and oxygen atoms in total. The van der Waals surface area contributed by atoms with E-state index in [1.165, 1.54) is 11.1 Å². The largest absolute Gasteiger partial charge is 0.493 e. The van der Waals surface area contributed by atoms with Crippen LogP contribution in [0.4, 0.5) is 0 Å². The monoisotopic (exact) mass is 324 g/mol. The average Bonchev–Trinajstić information content (AvgIpc) is 2.50. The van der Waals surface area contributed by atoms with Crippen molar-refractivity contribution in [2.75, 3.05) is 26.2 Å².